The molecule has 0 aromatic heterocycles. The summed E-state index contributed by atoms with van der Waals surface area (Å²) in [6.07, 6.45) is -1.73. The number of carbonyl (C=O) groups is 1. The van der Waals surface area contributed by atoms with Crippen molar-refractivity contribution < 1.29 is 23.1 Å². The van der Waals surface area contributed by atoms with Crippen LogP contribution in [-0.2, 0) is 11.0 Å². The number of rotatable bonds is 5. The Bertz CT molecular complexity index is 501. The molecule has 2 N–H and O–H groups in total. The molecule has 0 bridgehead atoms. The summed E-state index contributed by atoms with van der Waals surface area (Å²) in [5.74, 6) is -0.443. The van der Waals surface area contributed by atoms with Crippen molar-refractivity contribution in [3.63, 3.8) is 0 Å². The smallest absolute Gasteiger partial charge is 0.396 e. The molecule has 0 aliphatic carbocycles. The molecule has 1 amide bonds. The fourth-order valence-electron chi connectivity index (χ4n) is 1.39. The van der Waals surface area contributed by atoms with Gasteiger partial charge in [0.05, 0.1) is 10.6 Å². The molecule has 0 saturated carbocycles. The standard InChI is InChI=1S/C13H13ClF3NO2/c14-11-4-2-9(8-10(11)13(15,16)17)3-5-12(20)18-6-1-7-19/h2-5,8,19H,1,6-7H2,(H,18,20)/b5-3+. The first-order chi connectivity index (χ1) is 9.34. The summed E-state index contributed by atoms with van der Waals surface area (Å²) in [6.45, 7) is 0.254. The van der Waals surface area contributed by atoms with Gasteiger partial charge in [0.15, 0.2) is 0 Å². The fourth-order valence-corrected chi connectivity index (χ4v) is 1.61. The molecule has 20 heavy (non-hydrogen) atoms. The third kappa shape index (κ3) is 5.22. The highest BCUT2D eigenvalue weighted by atomic mass is 35.5. The molecule has 0 fully saturated rings. The number of aliphatic hydroxyl groups excluding tert-OH is 1. The van der Waals surface area contributed by atoms with Crippen LogP contribution in [0.1, 0.15) is 17.5 Å². The van der Waals surface area contributed by atoms with Crippen molar-refractivity contribution in [3.8, 4) is 0 Å². The predicted molar refractivity (Wildman–Crippen MR) is 70.2 cm³/mol. The van der Waals surface area contributed by atoms with E-state index >= 15 is 0 Å². The molecule has 0 aliphatic heterocycles. The van der Waals surface area contributed by atoms with E-state index in [1.807, 2.05) is 0 Å². The van der Waals surface area contributed by atoms with Gasteiger partial charge in [0.25, 0.3) is 0 Å². The maximum atomic E-state index is 12.6. The number of hydrogen-bond donors (Lipinski definition) is 2. The van der Waals surface area contributed by atoms with Gasteiger partial charge in [-0.15, -0.1) is 0 Å². The van der Waals surface area contributed by atoms with Gasteiger partial charge in [0.2, 0.25) is 5.91 Å². The molecule has 0 spiro atoms. The zero-order valence-corrected chi connectivity index (χ0v) is 11.1. The number of nitrogens with one attached hydrogen (secondary N) is 1. The summed E-state index contributed by atoms with van der Waals surface area (Å²) in [6, 6.07) is 3.39. The van der Waals surface area contributed by atoms with E-state index in [9.17, 15) is 18.0 Å². The van der Waals surface area contributed by atoms with Gasteiger partial charge >= 0.3 is 6.18 Å². The zero-order valence-electron chi connectivity index (χ0n) is 10.4. The number of alkyl halides is 3. The van der Waals surface area contributed by atoms with Crippen molar-refractivity contribution in [3.05, 3.63) is 40.4 Å². The topological polar surface area (TPSA) is 49.3 Å². The van der Waals surface area contributed by atoms with Crippen molar-refractivity contribution in [2.75, 3.05) is 13.2 Å². The Labute approximate surface area is 119 Å². The largest absolute Gasteiger partial charge is 0.417 e. The predicted octanol–water partition coefficient (Wildman–Crippen LogP) is 2.87. The molecule has 0 radical (unpaired) electrons. The third-order valence-electron chi connectivity index (χ3n) is 2.36. The van der Waals surface area contributed by atoms with Crippen molar-refractivity contribution in [2.24, 2.45) is 0 Å². The summed E-state index contributed by atoms with van der Waals surface area (Å²) in [5.41, 5.74) is -0.721. The van der Waals surface area contributed by atoms with Crippen LogP contribution < -0.4 is 5.32 Å². The Kier molecular flexibility index (Phi) is 6.04. The lowest BCUT2D eigenvalue weighted by Crippen LogP contribution is -2.22. The van der Waals surface area contributed by atoms with Crippen LogP contribution in [0.5, 0.6) is 0 Å². The SMILES string of the molecule is O=C(/C=C/c1ccc(Cl)c(C(F)(F)F)c1)NCCCO. The first-order valence-corrected chi connectivity index (χ1v) is 6.16. The van der Waals surface area contributed by atoms with Crippen molar-refractivity contribution in [1.82, 2.24) is 5.32 Å². The number of aliphatic hydroxyl groups is 1. The maximum absolute atomic E-state index is 12.6. The molecule has 0 unspecified atom stereocenters. The van der Waals surface area contributed by atoms with Crippen LogP contribution in [0.3, 0.4) is 0 Å². The van der Waals surface area contributed by atoms with Crippen LogP contribution in [0.2, 0.25) is 5.02 Å². The molecule has 3 nitrogen and oxygen atoms in total. The molecule has 0 saturated heterocycles. The van der Waals surface area contributed by atoms with Crippen molar-refractivity contribution >= 4 is 23.6 Å². The Morgan fingerprint density at radius 1 is 1.40 bits per heavy atom. The molecule has 1 aromatic carbocycles. The first kappa shape index (κ1) is 16.5. The van der Waals surface area contributed by atoms with Crippen molar-refractivity contribution in [2.45, 2.75) is 12.6 Å². The maximum Gasteiger partial charge on any atom is 0.417 e. The summed E-state index contributed by atoms with van der Waals surface area (Å²) in [7, 11) is 0. The van der Waals surface area contributed by atoms with Crippen LogP contribution in [0.15, 0.2) is 24.3 Å². The van der Waals surface area contributed by atoms with Crippen LogP contribution >= 0.6 is 11.6 Å². The molecule has 0 heterocycles. The number of amides is 1. The molecule has 1 rings (SSSR count). The zero-order chi connectivity index (χ0) is 15.2. The minimum Gasteiger partial charge on any atom is -0.396 e. The highest BCUT2D eigenvalue weighted by molar-refractivity contribution is 6.31. The minimum absolute atomic E-state index is 0.0455. The molecule has 110 valence electrons. The molecular weight excluding hydrogens is 295 g/mol. The average molecular weight is 308 g/mol. The minimum atomic E-state index is -4.54. The molecule has 0 atom stereocenters. The van der Waals surface area contributed by atoms with E-state index in [2.05, 4.69) is 5.32 Å². The van der Waals surface area contributed by atoms with Gasteiger partial charge < -0.3 is 10.4 Å². The van der Waals surface area contributed by atoms with E-state index in [0.717, 1.165) is 18.2 Å². The van der Waals surface area contributed by atoms with E-state index in [4.69, 9.17) is 16.7 Å². The quantitative estimate of drug-likeness (QED) is 0.649. The van der Waals surface area contributed by atoms with E-state index in [1.54, 1.807) is 0 Å². The highest BCUT2D eigenvalue weighted by Crippen LogP contribution is 2.35. The highest BCUT2D eigenvalue weighted by Gasteiger charge is 2.33. The van der Waals surface area contributed by atoms with Crippen LogP contribution in [-0.4, -0.2) is 24.2 Å². The van der Waals surface area contributed by atoms with Gasteiger partial charge in [-0.05, 0) is 30.2 Å². The Hall–Kier alpha value is -1.53. The van der Waals surface area contributed by atoms with Gasteiger partial charge in [-0.2, -0.15) is 13.2 Å². The second-order valence-corrected chi connectivity index (χ2v) is 4.35. The molecular formula is C13H13ClF3NO2. The van der Waals surface area contributed by atoms with E-state index < -0.39 is 17.6 Å². The van der Waals surface area contributed by atoms with Gasteiger partial charge in [0, 0.05) is 19.2 Å². The second kappa shape index (κ2) is 7.31. The summed E-state index contributed by atoms with van der Waals surface area (Å²) >= 11 is 5.48. The first-order valence-electron chi connectivity index (χ1n) is 5.78. The molecule has 0 aliphatic rings. The van der Waals surface area contributed by atoms with E-state index in [-0.39, 0.29) is 17.2 Å². The van der Waals surface area contributed by atoms with Gasteiger partial charge in [-0.25, -0.2) is 0 Å². The fraction of sp³-hybridized carbons (Fsp3) is 0.308. The summed E-state index contributed by atoms with van der Waals surface area (Å²) < 4.78 is 37.9. The Balaban J connectivity index is 2.76. The van der Waals surface area contributed by atoms with E-state index in [0.29, 0.717) is 13.0 Å². The summed E-state index contributed by atoms with van der Waals surface area (Å²) in [5, 5.41) is 10.6. The Morgan fingerprint density at radius 3 is 2.70 bits per heavy atom. The van der Waals surface area contributed by atoms with Crippen LogP contribution in [0.4, 0.5) is 13.2 Å². The van der Waals surface area contributed by atoms with Crippen LogP contribution in [0, 0.1) is 0 Å². The lowest BCUT2D eigenvalue weighted by molar-refractivity contribution is -0.137. The average Bonchev–Trinajstić information content (AvgIpc) is 2.36. The lowest BCUT2D eigenvalue weighted by atomic mass is 10.1. The van der Waals surface area contributed by atoms with E-state index in [1.165, 1.54) is 12.1 Å². The normalized spacial score (nSPS) is 11.8. The molecule has 1 aromatic rings. The number of halogens is 4. The third-order valence-corrected chi connectivity index (χ3v) is 2.69. The number of benzene rings is 1. The Morgan fingerprint density at radius 2 is 2.10 bits per heavy atom. The summed E-state index contributed by atoms with van der Waals surface area (Å²) in [4.78, 5) is 11.3. The molecule has 7 heteroatoms. The van der Waals surface area contributed by atoms with Crippen LogP contribution in [0.25, 0.3) is 6.08 Å². The number of hydrogen-bond acceptors (Lipinski definition) is 2. The second-order valence-electron chi connectivity index (χ2n) is 3.94. The lowest BCUT2D eigenvalue weighted by Gasteiger charge is -2.09. The van der Waals surface area contributed by atoms with Gasteiger partial charge in [0.1, 0.15) is 0 Å². The monoisotopic (exact) mass is 307 g/mol. The van der Waals surface area contributed by atoms with Gasteiger partial charge in [-0.1, -0.05) is 17.7 Å². The van der Waals surface area contributed by atoms with Crippen molar-refractivity contribution in [1.29, 1.82) is 0 Å². The number of carbonyl (C=O) groups excluding carboxylic acids is 1. The van der Waals surface area contributed by atoms with Gasteiger partial charge in [-0.3, -0.25) is 4.79 Å².